The summed E-state index contributed by atoms with van der Waals surface area (Å²) in [4.78, 5) is 22.6. The van der Waals surface area contributed by atoms with Crippen LogP contribution < -0.4 is 14.8 Å². The molecule has 37 heavy (non-hydrogen) atoms. The van der Waals surface area contributed by atoms with Gasteiger partial charge in [-0.05, 0) is 56.3 Å². The number of sulfonamides is 1. The molecule has 3 aromatic heterocycles. The van der Waals surface area contributed by atoms with Crippen molar-refractivity contribution in [2.75, 3.05) is 16.3 Å². The molecule has 4 rings (SSSR count). The Morgan fingerprint density at radius 2 is 1.92 bits per heavy atom. The van der Waals surface area contributed by atoms with Crippen LogP contribution >= 0.6 is 22.9 Å². The number of halogens is 2. The molecule has 0 aliphatic heterocycles. The Balaban J connectivity index is 1.58. The van der Waals surface area contributed by atoms with Gasteiger partial charge < -0.3 is 10.1 Å². The van der Waals surface area contributed by atoms with E-state index >= 15 is 0 Å². The van der Waals surface area contributed by atoms with Crippen LogP contribution in [0.2, 0.25) is 5.02 Å². The van der Waals surface area contributed by atoms with E-state index in [1.165, 1.54) is 41.8 Å². The van der Waals surface area contributed by atoms with Gasteiger partial charge in [0.15, 0.2) is 0 Å². The number of nitrogens with zero attached hydrogens (tertiary/aromatic N) is 2. The number of ether oxygens (including phenoxy) is 1. The number of aryl methyl sites for hydroxylation is 1. The Hall–Kier alpha value is -3.54. The minimum Gasteiger partial charge on any atom is -0.484 e. The highest BCUT2D eigenvalue weighted by Crippen LogP contribution is 2.37. The summed E-state index contributed by atoms with van der Waals surface area (Å²) in [5.41, 5.74) is 2.37. The lowest BCUT2D eigenvalue weighted by atomic mass is 10.1. The summed E-state index contributed by atoms with van der Waals surface area (Å²) in [5.74, 6) is -0.384. The lowest BCUT2D eigenvalue weighted by Crippen LogP contribution is -2.12. The Morgan fingerprint density at radius 3 is 2.65 bits per heavy atom. The van der Waals surface area contributed by atoms with Gasteiger partial charge in [0.05, 0.1) is 23.0 Å². The fourth-order valence-electron chi connectivity index (χ4n) is 3.55. The first kappa shape index (κ1) is 26.5. The van der Waals surface area contributed by atoms with E-state index < -0.39 is 27.9 Å². The molecule has 12 heteroatoms. The molecule has 0 saturated carbocycles. The largest absolute Gasteiger partial charge is 0.484 e. The van der Waals surface area contributed by atoms with Crippen molar-refractivity contribution in [3.8, 4) is 17.0 Å². The fraction of sp³-hybridized carbons (Fsp3) is 0.160. The molecule has 3 heterocycles. The second-order valence-corrected chi connectivity index (χ2v) is 11.6. The molecule has 0 radical (unpaired) electrons. The molecule has 2 N–H and O–H groups in total. The van der Waals surface area contributed by atoms with Crippen LogP contribution in [0.1, 0.15) is 33.1 Å². The SMILES string of the molecule is Cc1sc(C(=O)Nc2cc(Cl)cc(NS(C)(=O)=O)c2)cc1-c1ncccc1O[C@H](C)c1cncc(F)c1. The van der Waals surface area contributed by atoms with Crippen LogP contribution in [-0.4, -0.2) is 30.5 Å². The highest BCUT2D eigenvalue weighted by Gasteiger charge is 2.20. The van der Waals surface area contributed by atoms with Gasteiger partial charge in [0.2, 0.25) is 10.0 Å². The summed E-state index contributed by atoms with van der Waals surface area (Å²) in [6, 6.07) is 11.0. The van der Waals surface area contributed by atoms with Crippen LogP contribution in [0.4, 0.5) is 15.8 Å². The summed E-state index contributed by atoms with van der Waals surface area (Å²) in [6.07, 6.45) is 4.81. The first-order chi connectivity index (χ1) is 17.5. The van der Waals surface area contributed by atoms with Crippen molar-refractivity contribution in [1.29, 1.82) is 0 Å². The van der Waals surface area contributed by atoms with Crippen molar-refractivity contribution >= 4 is 50.2 Å². The topological polar surface area (TPSA) is 110 Å². The molecule has 8 nitrogen and oxygen atoms in total. The zero-order valence-electron chi connectivity index (χ0n) is 20.0. The van der Waals surface area contributed by atoms with Crippen LogP contribution in [0.5, 0.6) is 5.75 Å². The van der Waals surface area contributed by atoms with Crippen molar-refractivity contribution < 1.29 is 22.3 Å². The summed E-state index contributed by atoms with van der Waals surface area (Å²) in [7, 11) is -3.52. The van der Waals surface area contributed by atoms with Crippen LogP contribution in [0.25, 0.3) is 11.3 Å². The third kappa shape index (κ3) is 6.82. The second kappa shape index (κ2) is 10.8. The number of amides is 1. The highest BCUT2D eigenvalue weighted by atomic mass is 35.5. The van der Waals surface area contributed by atoms with Crippen molar-refractivity contribution in [1.82, 2.24) is 9.97 Å². The zero-order valence-corrected chi connectivity index (χ0v) is 22.3. The maximum Gasteiger partial charge on any atom is 0.265 e. The normalized spacial score (nSPS) is 12.1. The van der Waals surface area contributed by atoms with E-state index in [-0.39, 0.29) is 10.7 Å². The fourth-order valence-corrected chi connectivity index (χ4v) is 5.25. The number of aromatic nitrogens is 2. The van der Waals surface area contributed by atoms with Gasteiger partial charge >= 0.3 is 0 Å². The van der Waals surface area contributed by atoms with Gasteiger partial charge in [-0.2, -0.15) is 0 Å². The Labute approximate surface area is 222 Å². The molecule has 1 aromatic carbocycles. The molecule has 0 saturated heterocycles. The summed E-state index contributed by atoms with van der Waals surface area (Å²) < 4.78 is 45.2. The number of pyridine rings is 2. The van der Waals surface area contributed by atoms with Crippen molar-refractivity contribution in [3.63, 3.8) is 0 Å². The predicted molar refractivity (Wildman–Crippen MR) is 143 cm³/mol. The van der Waals surface area contributed by atoms with Gasteiger partial charge in [0, 0.05) is 39.1 Å². The smallest absolute Gasteiger partial charge is 0.265 e. The molecule has 0 aliphatic rings. The minimum atomic E-state index is -3.52. The number of benzene rings is 1. The van der Waals surface area contributed by atoms with Gasteiger partial charge in [-0.1, -0.05) is 11.6 Å². The number of carbonyl (C=O) groups is 1. The van der Waals surface area contributed by atoms with Crippen LogP contribution in [-0.2, 0) is 10.0 Å². The van der Waals surface area contributed by atoms with E-state index in [0.717, 1.165) is 17.3 Å². The summed E-state index contributed by atoms with van der Waals surface area (Å²) >= 11 is 7.37. The van der Waals surface area contributed by atoms with Gasteiger partial charge in [-0.3, -0.25) is 19.5 Å². The standard InChI is InChI=1S/C25H22ClFN4O4S2/c1-14(16-7-18(27)13-28-12-16)35-22-5-4-6-29-24(22)21-11-23(36-15(21)2)25(32)30-19-8-17(26)9-20(10-19)31-37(3,33)34/h4-14,31H,1-3H3,(H,30,32)/t14-/m1/s1. The number of hydrogen-bond acceptors (Lipinski definition) is 7. The van der Waals surface area contributed by atoms with E-state index in [2.05, 4.69) is 20.0 Å². The van der Waals surface area contributed by atoms with Crippen LogP contribution in [0.15, 0.2) is 61.1 Å². The molecular formula is C25H22ClFN4O4S2. The van der Waals surface area contributed by atoms with Crippen molar-refractivity contribution in [2.45, 2.75) is 20.0 Å². The quantitative estimate of drug-likeness (QED) is 0.271. The lowest BCUT2D eigenvalue weighted by molar-refractivity contribution is 0.103. The van der Waals surface area contributed by atoms with Crippen LogP contribution in [0, 0.1) is 12.7 Å². The van der Waals surface area contributed by atoms with Gasteiger partial charge in [0.1, 0.15) is 23.4 Å². The Morgan fingerprint density at radius 1 is 1.16 bits per heavy atom. The van der Waals surface area contributed by atoms with Crippen LogP contribution in [0.3, 0.4) is 0 Å². The predicted octanol–water partition coefficient (Wildman–Crippen LogP) is 6.07. The maximum atomic E-state index is 13.6. The first-order valence-corrected chi connectivity index (χ1v) is 14.0. The number of hydrogen-bond donors (Lipinski definition) is 2. The average Bonchev–Trinajstić information content (AvgIpc) is 3.19. The molecule has 1 amide bonds. The van der Waals surface area contributed by atoms with Gasteiger partial charge in [-0.25, -0.2) is 12.8 Å². The van der Waals surface area contributed by atoms with Gasteiger partial charge in [0.25, 0.3) is 5.91 Å². The van der Waals surface area contributed by atoms with Crippen molar-refractivity contribution in [3.05, 3.63) is 87.2 Å². The third-order valence-electron chi connectivity index (χ3n) is 5.13. The minimum absolute atomic E-state index is 0.228. The number of anilines is 2. The Bertz CT molecular complexity index is 1580. The first-order valence-electron chi connectivity index (χ1n) is 10.9. The van der Waals surface area contributed by atoms with E-state index in [9.17, 15) is 17.6 Å². The molecular weight excluding hydrogens is 539 g/mol. The molecule has 1 atom stereocenters. The number of thiophene rings is 1. The van der Waals surface area contributed by atoms with E-state index in [4.69, 9.17) is 16.3 Å². The number of carbonyl (C=O) groups excluding carboxylic acids is 1. The monoisotopic (exact) mass is 560 g/mol. The number of nitrogens with one attached hydrogen (secondary N) is 2. The van der Waals surface area contributed by atoms with E-state index in [0.29, 0.717) is 33.1 Å². The zero-order chi connectivity index (χ0) is 26.7. The molecule has 0 unspecified atom stereocenters. The highest BCUT2D eigenvalue weighted by molar-refractivity contribution is 7.92. The molecule has 192 valence electrons. The molecule has 4 aromatic rings. The second-order valence-electron chi connectivity index (χ2n) is 8.18. The average molecular weight is 561 g/mol. The maximum absolute atomic E-state index is 13.6. The summed E-state index contributed by atoms with van der Waals surface area (Å²) in [6.45, 7) is 3.65. The van der Waals surface area contributed by atoms with E-state index in [1.807, 2.05) is 6.92 Å². The Kier molecular flexibility index (Phi) is 7.76. The lowest BCUT2D eigenvalue weighted by Gasteiger charge is -2.17. The molecule has 0 spiro atoms. The van der Waals surface area contributed by atoms with Crippen molar-refractivity contribution in [2.24, 2.45) is 0 Å². The van der Waals surface area contributed by atoms with Gasteiger partial charge in [-0.15, -0.1) is 11.3 Å². The molecule has 0 bridgehead atoms. The number of rotatable bonds is 8. The molecule has 0 aliphatic carbocycles. The molecule has 0 fully saturated rings. The third-order valence-corrected chi connectivity index (χ3v) is 7.00. The summed E-state index contributed by atoms with van der Waals surface area (Å²) in [5, 5.41) is 3.00. The van der Waals surface area contributed by atoms with E-state index in [1.54, 1.807) is 31.3 Å².